The van der Waals surface area contributed by atoms with Gasteiger partial charge < -0.3 is 14.4 Å². The molecule has 8 heteroatoms. The van der Waals surface area contributed by atoms with Crippen LogP contribution in [0.2, 0.25) is 10.0 Å². The van der Waals surface area contributed by atoms with Crippen molar-refractivity contribution in [3.63, 3.8) is 0 Å². The van der Waals surface area contributed by atoms with Gasteiger partial charge in [0, 0.05) is 35.6 Å². The van der Waals surface area contributed by atoms with E-state index in [0.29, 0.717) is 34.3 Å². The van der Waals surface area contributed by atoms with Crippen LogP contribution in [0.5, 0.6) is 5.88 Å². The van der Waals surface area contributed by atoms with Crippen LogP contribution in [0.1, 0.15) is 23.0 Å². The van der Waals surface area contributed by atoms with Crippen molar-refractivity contribution in [3.8, 4) is 28.3 Å². The van der Waals surface area contributed by atoms with E-state index in [2.05, 4.69) is 4.98 Å². The lowest BCUT2D eigenvalue weighted by molar-refractivity contribution is 0.0695. The van der Waals surface area contributed by atoms with Gasteiger partial charge in [-0.05, 0) is 37.6 Å². The minimum atomic E-state index is -1.32. The van der Waals surface area contributed by atoms with Crippen LogP contribution >= 0.6 is 23.2 Å². The molecule has 0 spiro atoms. The van der Waals surface area contributed by atoms with E-state index >= 15 is 0 Å². The van der Waals surface area contributed by atoms with Crippen LogP contribution in [0.3, 0.4) is 0 Å². The zero-order valence-corrected chi connectivity index (χ0v) is 17.5. The van der Waals surface area contributed by atoms with Crippen LogP contribution < -0.4 is 10.2 Å². The molecule has 3 aromatic rings. The molecule has 0 atom stereocenters. The van der Waals surface area contributed by atoms with E-state index in [4.69, 9.17) is 27.9 Å². The SMILES string of the molecule is CCn1c(C)c(-c2ccnc(OC)c2)c(=O)c(C(=O)O)c1-c1ccc(Cl)c(Cl)c1. The minimum Gasteiger partial charge on any atom is -0.481 e. The number of hydrogen-bond acceptors (Lipinski definition) is 4. The molecule has 29 heavy (non-hydrogen) atoms. The number of hydrogen-bond donors (Lipinski definition) is 1. The maximum Gasteiger partial charge on any atom is 0.341 e. The van der Waals surface area contributed by atoms with Gasteiger partial charge in [0.2, 0.25) is 11.3 Å². The van der Waals surface area contributed by atoms with Crippen molar-refractivity contribution in [2.75, 3.05) is 7.11 Å². The summed E-state index contributed by atoms with van der Waals surface area (Å²) in [5.74, 6) is -0.990. The Bertz CT molecular complexity index is 1170. The van der Waals surface area contributed by atoms with Crippen LogP contribution in [-0.2, 0) is 6.54 Å². The predicted molar refractivity (Wildman–Crippen MR) is 113 cm³/mol. The second kappa shape index (κ2) is 8.27. The second-order valence-electron chi connectivity index (χ2n) is 6.28. The van der Waals surface area contributed by atoms with Gasteiger partial charge in [-0.25, -0.2) is 9.78 Å². The van der Waals surface area contributed by atoms with Crippen molar-refractivity contribution in [2.24, 2.45) is 0 Å². The molecule has 6 nitrogen and oxygen atoms in total. The Morgan fingerprint density at radius 2 is 1.90 bits per heavy atom. The van der Waals surface area contributed by atoms with Gasteiger partial charge in [-0.15, -0.1) is 0 Å². The number of pyridine rings is 2. The van der Waals surface area contributed by atoms with E-state index in [0.717, 1.165) is 0 Å². The highest BCUT2D eigenvalue weighted by Gasteiger charge is 2.26. The lowest BCUT2D eigenvalue weighted by atomic mass is 9.96. The molecular formula is C21H18Cl2N2O4. The molecule has 1 N–H and O–H groups in total. The molecule has 0 unspecified atom stereocenters. The van der Waals surface area contributed by atoms with Crippen molar-refractivity contribution in [2.45, 2.75) is 20.4 Å². The molecule has 1 aromatic carbocycles. The summed E-state index contributed by atoms with van der Waals surface area (Å²) in [5, 5.41) is 10.5. The predicted octanol–water partition coefficient (Wildman–Crippen LogP) is 4.92. The lowest BCUT2D eigenvalue weighted by Crippen LogP contribution is -2.25. The molecule has 0 aliphatic rings. The largest absolute Gasteiger partial charge is 0.481 e. The van der Waals surface area contributed by atoms with Crippen LogP contribution in [0.15, 0.2) is 41.3 Å². The molecule has 150 valence electrons. The molecule has 0 aliphatic carbocycles. The number of aromatic nitrogens is 2. The van der Waals surface area contributed by atoms with Crippen LogP contribution in [0.4, 0.5) is 0 Å². The first-order valence-corrected chi connectivity index (χ1v) is 9.52. The summed E-state index contributed by atoms with van der Waals surface area (Å²) in [4.78, 5) is 29.5. The summed E-state index contributed by atoms with van der Waals surface area (Å²) >= 11 is 12.1. The Morgan fingerprint density at radius 1 is 1.17 bits per heavy atom. The number of carbonyl (C=O) groups is 1. The van der Waals surface area contributed by atoms with Crippen LogP contribution in [0, 0.1) is 6.92 Å². The number of benzene rings is 1. The van der Waals surface area contributed by atoms with E-state index in [9.17, 15) is 14.7 Å². The van der Waals surface area contributed by atoms with Crippen molar-refractivity contribution in [3.05, 3.63) is 68.1 Å². The Kier molecular flexibility index (Phi) is 5.96. The molecule has 3 rings (SSSR count). The first-order chi connectivity index (χ1) is 13.8. The maximum absolute atomic E-state index is 13.3. The van der Waals surface area contributed by atoms with Crippen LogP contribution in [0.25, 0.3) is 22.4 Å². The van der Waals surface area contributed by atoms with E-state index in [1.54, 1.807) is 41.8 Å². The standard InChI is InChI=1S/C21H18Cl2N2O4/c1-4-25-11(2)17(12-7-8-24-16(10-12)29-3)20(26)18(21(27)28)19(25)13-5-6-14(22)15(23)9-13/h5-10H,4H2,1-3H3,(H,27,28). The first-order valence-electron chi connectivity index (χ1n) is 8.76. The average molecular weight is 433 g/mol. The fourth-order valence-corrected chi connectivity index (χ4v) is 3.69. The Hall–Kier alpha value is -2.83. The summed E-state index contributed by atoms with van der Waals surface area (Å²) in [5.41, 5.74) is 1.30. The molecule has 0 fully saturated rings. The number of halogens is 2. The summed E-state index contributed by atoms with van der Waals surface area (Å²) < 4.78 is 6.93. The van der Waals surface area contributed by atoms with Gasteiger partial charge in [-0.1, -0.05) is 29.3 Å². The number of nitrogens with zero attached hydrogens (tertiary/aromatic N) is 2. The smallest absolute Gasteiger partial charge is 0.341 e. The Labute approximate surface area is 177 Å². The number of carboxylic acid groups (broad SMARTS) is 1. The number of aromatic carboxylic acids is 1. The number of ether oxygens (including phenoxy) is 1. The molecule has 0 saturated carbocycles. The Balaban J connectivity index is 2.44. The van der Waals surface area contributed by atoms with Gasteiger partial charge in [0.15, 0.2) is 0 Å². The molecule has 2 aromatic heterocycles. The van der Waals surface area contributed by atoms with E-state index in [1.165, 1.54) is 13.3 Å². The molecule has 2 heterocycles. The van der Waals surface area contributed by atoms with Crippen molar-refractivity contribution in [1.29, 1.82) is 0 Å². The van der Waals surface area contributed by atoms with Gasteiger partial charge in [0.1, 0.15) is 5.56 Å². The van der Waals surface area contributed by atoms with Gasteiger partial charge in [0.05, 0.1) is 22.8 Å². The van der Waals surface area contributed by atoms with E-state index < -0.39 is 11.4 Å². The topological polar surface area (TPSA) is 81.4 Å². The number of methoxy groups -OCH3 is 1. The summed E-state index contributed by atoms with van der Waals surface area (Å²) in [6.45, 7) is 4.10. The summed E-state index contributed by atoms with van der Waals surface area (Å²) in [6.07, 6.45) is 1.51. The highest BCUT2D eigenvalue weighted by molar-refractivity contribution is 6.42. The molecule has 0 amide bonds. The van der Waals surface area contributed by atoms with Gasteiger partial charge in [-0.3, -0.25) is 4.79 Å². The number of carboxylic acids is 1. The van der Waals surface area contributed by atoms with E-state index in [1.807, 2.05) is 6.92 Å². The number of rotatable bonds is 5. The van der Waals surface area contributed by atoms with Crippen molar-refractivity contribution in [1.82, 2.24) is 9.55 Å². The average Bonchev–Trinajstić information content (AvgIpc) is 2.69. The third-order valence-electron chi connectivity index (χ3n) is 4.68. The first kappa shape index (κ1) is 20.9. The molecule has 0 radical (unpaired) electrons. The third kappa shape index (κ3) is 3.73. The highest BCUT2D eigenvalue weighted by atomic mass is 35.5. The second-order valence-corrected chi connectivity index (χ2v) is 7.09. The Morgan fingerprint density at radius 3 is 2.48 bits per heavy atom. The summed E-state index contributed by atoms with van der Waals surface area (Å²) in [7, 11) is 1.47. The molecule has 0 saturated heterocycles. The van der Waals surface area contributed by atoms with E-state index in [-0.39, 0.29) is 21.8 Å². The van der Waals surface area contributed by atoms with Gasteiger partial charge in [-0.2, -0.15) is 0 Å². The minimum absolute atomic E-state index is 0.274. The highest BCUT2D eigenvalue weighted by Crippen LogP contribution is 2.33. The fraction of sp³-hybridized carbons (Fsp3) is 0.190. The van der Waals surface area contributed by atoms with Gasteiger partial charge >= 0.3 is 5.97 Å². The monoisotopic (exact) mass is 432 g/mol. The molecule has 0 aliphatic heterocycles. The normalized spacial score (nSPS) is 10.8. The molecular weight excluding hydrogens is 415 g/mol. The quantitative estimate of drug-likeness (QED) is 0.618. The van der Waals surface area contributed by atoms with Crippen LogP contribution in [-0.4, -0.2) is 27.7 Å². The molecule has 0 bridgehead atoms. The zero-order chi connectivity index (χ0) is 21.3. The van der Waals surface area contributed by atoms with Crippen molar-refractivity contribution < 1.29 is 14.6 Å². The van der Waals surface area contributed by atoms with Gasteiger partial charge in [0.25, 0.3) is 0 Å². The zero-order valence-electron chi connectivity index (χ0n) is 16.0. The van der Waals surface area contributed by atoms with Crippen molar-refractivity contribution >= 4 is 29.2 Å². The third-order valence-corrected chi connectivity index (χ3v) is 5.42. The maximum atomic E-state index is 13.3. The lowest BCUT2D eigenvalue weighted by Gasteiger charge is -2.21. The summed E-state index contributed by atoms with van der Waals surface area (Å²) in [6, 6.07) is 8.04. The fourth-order valence-electron chi connectivity index (χ4n) is 3.39.